The second-order valence-electron chi connectivity index (χ2n) is 9.17. The average Bonchev–Trinajstić information content (AvgIpc) is 3.25. The fourth-order valence-electron chi connectivity index (χ4n) is 4.40. The van der Waals surface area contributed by atoms with Gasteiger partial charge in [0.25, 0.3) is 5.89 Å². The van der Waals surface area contributed by atoms with E-state index in [9.17, 15) is 0 Å². The number of hydrogen-bond acceptors (Lipinski definition) is 9. The zero-order chi connectivity index (χ0) is 23.1. The Balaban J connectivity index is 1.20. The van der Waals surface area contributed by atoms with Crippen LogP contribution in [0.4, 0.5) is 5.95 Å². The number of aryl methyl sites for hydroxylation is 1. The van der Waals surface area contributed by atoms with Crippen LogP contribution in [0.25, 0.3) is 22.7 Å². The average molecular weight is 478 g/mol. The van der Waals surface area contributed by atoms with Gasteiger partial charge < -0.3 is 13.8 Å². The highest BCUT2D eigenvalue weighted by molar-refractivity contribution is 7.98. The smallest absolute Gasteiger partial charge is 0.253 e. The number of anilines is 1. The summed E-state index contributed by atoms with van der Waals surface area (Å²) in [6.07, 6.45) is 4.78. The number of thioether (sulfide) groups is 1. The molecule has 0 spiro atoms. The van der Waals surface area contributed by atoms with Crippen molar-refractivity contribution in [3.63, 3.8) is 0 Å². The first-order valence-corrected chi connectivity index (χ1v) is 12.8. The fourth-order valence-corrected chi connectivity index (χ4v) is 5.24. The Labute approximate surface area is 201 Å². The molecular formula is C24H27N7O2S. The highest BCUT2D eigenvalue weighted by atomic mass is 32.2. The van der Waals surface area contributed by atoms with Gasteiger partial charge in [-0.1, -0.05) is 54.2 Å². The summed E-state index contributed by atoms with van der Waals surface area (Å²) in [6, 6.07) is 10.4. The van der Waals surface area contributed by atoms with Gasteiger partial charge in [-0.15, -0.1) is 20.4 Å². The molecule has 1 aliphatic heterocycles. The predicted octanol–water partition coefficient (Wildman–Crippen LogP) is 5.16. The quantitative estimate of drug-likeness (QED) is 0.334. The molecule has 4 aromatic rings. The third-order valence-electron chi connectivity index (χ3n) is 6.54. The molecule has 1 aliphatic carbocycles. The van der Waals surface area contributed by atoms with Crippen LogP contribution in [0.1, 0.15) is 50.3 Å². The van der Waals surface area contributed by atoms with E-state index in [0.29, 0.717) is 35.0 Å². The number of benzene rings is 1. The van der Waals surface area contributed by atoms with Crippen LogP contribution in [0, 0.1) is 12.8 Å². The number of nitrogens with zero attached hydrogens (tertiary/aromatic N) is 7. The Morgan fingerprint density at radius 3 is 2.56 bits per heavy atom. The summed E-state index contributed by atoms with van der Waals surface area (Å²) in [4.78, 5) is 2.39. The lowest BCUT2D eigenvalue weighted by atomic mass is 10.00. The fraction of sp³-hybridized carbons (Fsp3) is 0.458. The summed E-state index contributed by atoms with van der Waals surface area (Å²) in [5.41, 5.74) is 2.38. The summed E-state index contributed by atoms with van der Waals surface area (Å²) < 4.78 is 13.8. The van der Waals surface area contributed by atoms with E-state index in [1.807, 2.05) is 37.3 Å². The third-order valence-corrected chi connectivity index (χ3v) is 7.47. The van der Waals surface area contributed by atoms with Crippen LogP contribution < -0.4 is 4.90 Å². The van der Waals surface area contributed by atoms with E-state index in [1.165, 1.54) is 25.7 Å². The Kier molecular flexibility index (Phi) is 5.60. The van der Waals surface area contributed by atoms with Crippen molar-refractivity contribution < 1.29 is 8.94 Å². The minimum absolute atomic E-state index is 0.417. The van der Waals surface area contributed by atoms with Gasteiger partial charge in [0, 0.05) is 24.7 Å². The van der Waals surface area contributed by atoms with Gasteiger partial charge in [-0.2, -0.15) is 0 Å². The summed E-state index contributed by atoms with van der Waals surface area (Å²) in [5, 5.41) is 22.8. The van der Waals surface area contributed by atoms with E-state index in [2.05, 4.69) is 41.9 Å². The Bertz CT molecular complexity index is 1270. The van der Waals surface area contributed by atoms with Gasteiger partial charge in [0.15, 0.2) is 5.16 Å². The maximum atomic E-state index is 6.03. The largest absolute Gasteiger partial charge is 0.420 e. The summed E-state index contributed by atoms with van der Waals surface area (Å²) in [7, 11) is 0. The Morgan fingerprint density at radius 2 is 1.79 bits per heavy atom. The van der Waals surface area contributed by atoms with Crippen LogP contribution in [0.5, 0.6) is 0 Å². The highest BCUT2D eigenvalue weighted by Crippen LogP contribution is 2.42. The topological polar surface area (TPSA) is 98.9 Å². The molecule has 0 bridgehead atoms. The van der Waals surface area contributed by atoms with E-state index in [4.69, 9.17) is 8.94 Å². The maximum Gasteiger partial charge on any atom is 0.253 e. The standard InChI is InChI=1S/C24H27N7O2S/c1-15-10-12-30(13-11-15)23-27-28-24(31(23)18-8-9-18)34-14-19-25-26-22(32-19)20-16(2)33-29-21(20)17-6-4-3-5-7-17/h3-7,15,18H,8-14H2,1-2H3. The third kappa shape index (κ3) is 4.11. The van der Waals surface area contributed by atoms with Gasteiger partial charge in [0.1, 0.15) is 17.0 Å². The van der Waals surface area contributed by atoms with Crippen molar-refractivity contribution in [2.24, 2.45) is 5.92 Å². The van der Waals surface area contributed by atoms with Crippen molar-refractivity contribution in [2.45, 2.75) is 56.5 Å². The van der Waals surface area contributed by atoms with E-state index >= 15 is 0 Å². The lowest BCUT2D eigenvalue weighted by Crippen LogP contribution is -2.34. The molecule has 9 nitrogen and oxygen atoms in total. The molecule has 0 unspecified atom stereocenters. The lowest BCUT2D eigenvalue weighted by molar-refractivity contribution is 0.399. The van der Waals surface area contributed by atoms with Crippen LogP contribution in [0.3, 0.4) is 0 Å². The Hall–Kier alpha value is -3.14. The molecule has 176 valence electrons. The first-order valence-electron chi connectivity index (χ1n) is 11.8. The lowest BCUT2D eigenvalue weighted by Gasteiger charge is -2.31. The zero-order valence-electron chi connectivity index (χ0n) is 19.3. The second-order valence-corrected chi connectivity index (χ2v) is 10.1. The van der Waals surface area contributed by atoms with Gasteiger partial charge in [-0.25, -0.2) is 0 Å². The predicted molar refractivity (Wildman–Crippen MR) is 128 cm³/mol. The molecule has 1 saturated carbocycles. The zero-order valence-corrected chi connectivity index (χ0v) is 20.2. The van der Waals surface area contributed by atoms with Crippen LogP contribution in [-0.2, 0) is 5.75 Å². The number of hydrogen-bond donors (Lipinski definition) is 0. The molecule has 0 radical (unpaired) electrons. The molecule has 2 fully saturated rings. The van der Waals surface area contributed by atoms with Crippen LogP contribution in [0.15, 0.2) is 44.4 Å². The van der Waals surface area contributed by atoms with Gasteiger partial charge in [0.2, 0.25) is 11.8 Å². The molecule has 34 heavy (non-hydrogen) atoms. The van der Waals surface area contributed by atoms with Gasteiger partial charge in [-0.05, 0) is 38.5 Å². The maximum absolute atomic E-state index is 6.03. The number of aromatic nitrogens is 6. The highest BCUT2D eigenvalue weighted by Gasteiger charge is 2.33. The first kappa shape index (κ1) is 21.4. The first-order chi connectivity index (χ1) is 16.7. The van der Waals surface area contributed by atoms with Crippen molar-refractivity contribution in [3.05, 3.63) is 42.0 Å². The molecular weight excluding hydrogens is 450 g/mol. The van der Waals surface area contributed by atoms with Gasteiger partial charge in [0.05, 0.1) is 5.75 Å². The van der Waals surface area contributed by atoms with Crippen LogP contribution in [-0.4, -0.2) is 43.2 Å². The second kappa shape index (κ2) is 8.90. The van der Waals surface area contributed by atoms with Crippen molar-refractivity contribution in [3.8, 4) is 22.7 Å². The van der Waals surface area contributed by atoms with Crippen molar-refractivity contribution in [1.82, 2.24) is 30.1 Å². The number of piperidine rings is 1. The van der Waals surface area contributed by atoms with E-state index in [-0.39, 0.29) is 0 Å². The summed E-state index contributed by atoms with van der Waals surface area (Å²) in [5.74, 6) is 3.93. The Morgan fingerprint density at radius 1 is 1.00 bits per heavy atom. The van der Waals surface area contributed by atoms with E-state index < -0.39 is 0 Å². The van der Waals surface area contributed by atoms with Crippen molar-refractivity contribution in [1.29, 1.82) is 0 Å². The summed E-state index contributed by atoms with van der Waals surface area (Å²) in [6.45, 7) is 6.28. The SMILES string of the molecule is Cc1onc(-c2ccccc2)c1-c1nnc(CSc2nnc(N3CCC(C)CC3)n2C2CC2)o1. The molecule has 0 amide bonds. The van der Waals surface area contributed by atoms with E-state index in [1.54, 1.807) is 11.8 Å². The molecule has 1 saturated heterocycles. The minimum atomic E-state index is 0.417. The van der Waals surface area contributed by atoms with Gasteiger partial charge >= 0.3 is 0 Å². The minimum Gasteiger partial charge on any atom is -0.420 e. The van der Waals surface area contributed by atoms with Crippen molar-refractivity contribution in [2.75, 3.05) is 18.0 Å². The molecule has 4 heterocycles. The molecule has 1 aromatic carbocycles. The van der Waals surface area contributed by atoms with Crippen LogP contribution in [0.2, 0.25) is 0 Å². The van der Waals surface area contributed by atoms with Gasteiger partial charge in [-0.3, -0.25) is 4.57 Å². The molecule has 0 N–H and O–H groups in total. The molecule has 0 atom stereocenters. The molecule has 10 heteroatoms. The number of rotatable bonds is 7. The molecule has 2 aliphatic rings. The molecule has 3 aromatic heterocycles. The van der Waals surface area contributed by atoms with Crippen molar-refractivity contribution >= 4 is 17.7 Å². The molecule has 6 rings (SSSR count). The normalized spacial score (nSPS) is 16.9. The van der Waals surface area contributed by atoms with Crippen LogP contribution >= 0.6 is 11.8 Å². The summed E-state index contributed by atoms with van der Waals surface area (Å²) >= 11 is 1.60. The van der Waals surface area contributed by atoms with E-state index in [0.717, 1.165) is 41.2 Å². The monoisotopic (exact) mass is 477 g/mol.